The highest BCUT2D eigenvalue weighted by molar-refractivity contribution is 5.97. The molecule has 5 atom stereocenters. The number of nitrogens with zero attached hydrogens (tertiary/aromatic N) is 3. The SMILES string of the molecule is C[C@H](NC(=O)[C@@H](Cc1c[nH]c2ccccc12)NC(=O)[C@@H](N)Cc1cnc[nH]1)C(=O)NN(C/C(=C\c1ccc([N+](=O)[O-])cc1)C(=O)O)C(=O)N[C@H](Cc1ccccc1)C(=O)N[C@@H](CCCCN)C(N)=O. The molecule has 0 spiro atoms. The van der Waals surface area contributed by atoms with Crippen molar-refractivity contribution < 1.29 is 43.6 Å². The summed E-state index contributed by atoms with van der Waals surface area (Å²) < 4.78 is 0. The molecule has 7 amide bonds. The van der Waals surface area contributed by atoms with Crippen molar-refractivity contribution in [3.05, 3.63) is 136 Å². The number of urea groups is 1. The molecule has 5 aromatic rings. The number of rotatable bonds is 24. The summed E-state index contributed by atoms with van der Waals surface area (Å²) in [6.07, 6.45) is 6.74. The first-order chi connectivity index (χ1) is 33.0. The number of carbonyl (C=O) groups is 7. The third-order valence-electron chi connectivity index (χ3n) is 10.9. The molecule has 0 aliphatic rings. The highest BCUT2D eigenvalue weighted by Crippen LogP contribution is 2.20. The first kappa shape index (κ1) is 51.5. The molecule has 69 heavy (non-hydrogen) atoms. The number of primary amides is 1. The summed E-state index contributed by atoms with van der Waals surface area (Å²) in [7, 11) is 0. The van der Waals surface area contributed by atoms with Crippen molar-refractivity contribution in [1.82, 2.24) is 46.7 Å². The first-order valence-electron chi connectivity index (χ1n) is 21.8. The summed E-state index contributed by atoms with van der Waals surface area (Å²) in [5.41, 5.74) is 21.8. The number of carboxylic acid groups (broad SMARTS) is 1. The lowest BCUT2D eigenvalue weighted by atomic mass is 10.0. The molecule has 364 valence electrons. The molecule has 0 saturated heterocycles. The second kappa shape index (κ2) is 24.9. The van der Waals surface area contributed by atoms with Crippen LogP contribution in [0.3, 0.4) is 0 Å². The molecule has 0 unspecified atom stereocenters. The predicted octanol–water partition coefficient (Wildman–Crippen LogP) is 0.823. The molecule has 0 saturated carbocycles. The summed E-state index contributed by atoms with van der Waals surface area (Å²) in [6, 6.07) is 13.0. The fourth-order valence-electron chi connectivity index (χ4n) is 7.08. The van der Waals surface area contributed by atoms with Gasteiger partial charge in [-0.25, -0.2) is 19.6 Å². The molecule has 2 heterocycles. The van der Waals surface area contributed by atoms with Crippen LogP contribution in [0.5, 0.6) is 0 Å². The lowest BCUT2D eigenvalue weighted by Crippen LogP contribution is -2.61. The summed E-state index contributed by atoms with van der Waals surface area (Å²) in [5, 5.41) is 33.3. The topological polar surface area (TPSA) is 369 Å². The molecule has 0 fully saturated rings. The number of fused-ring (bicyclic) bond motifs is 1. The van der Waals surface area contributed by atoms with E-state index in [4.69, 9.17) is 17.2 Å². The fourth-order valence-corrected chi connectivity index (χ4v) is 7.08. The van der Waals surface area contributed by atoms with Gasteiger partial charge in [0.15, 0.2) is 0 Å². The van der Waals surface area contributed by atoms with Gasteiger partial charge in [-0.1, -0.05) is 48.5 Å². The van der Waals surface area contributed by atoms with E-state index in [0.717, 1.165) is 29.1 Å². The van der Waals surface area contributed by atoms with Gasteiger partial charge in [-0.05, 0) is 73.7 Å². The molecule has 14 N–H and O–H groups in total. The number of hydrogen-bond acceptors (Lipinski definition) is 12. The Morgan fingerprint density at radius 1 is 0.812 bits per heavy atom. The van der Waals surface area contributed by atoms with Crippen molar-refractivity contribution in [1.29, 1.82) is 0 Å². The molecule has 0 aliphatic heterocycles. The van der Waals surface area contributed by atoms with E-state index in [1.54, 1.807) is 42.6 Å². The van der Waals surface area contributed by atoms with Crippen molar-refractivity contribution >= 4 is 64.2 Å². The quantitative estimate of drug-likeness (QED) is 0.0177. The van der Waals surface area contributed by atoms with Crippen LogP contribution < -0.4 is 43.9 Å². The molecule has 0 bridgehead atoms. The number of unbranched alkanes of at least 4 members (excludes halogenated alkanes) is 1. The minimum atomic E-state index is -1.55. The number of H-pyrrole nitrogens is 2. The van der Waals surface area contributed by atoms with Gasteiger partial charge in [-0.3, -0.25) is 39.5 Å². The third kappa shape index (κ3) is 15.3. The maximum absolute atomic E-state index is 14.3. The van der Waals surface area contributed by atoms with Gasteiger partial charge in [-0.15, -0.1) is 0 Å². The highest BCUT2D eigenvalue weighted by Gasteiger charge is 2.32. The normalized spacial score (nSPS) is 13.5. The predicted molar refractivity (Wildman–Crippen MR) is 252 cm³/mol. The number of nitro groups is 1. The van der Waals surface area contributed by atoms with Gasteiger partial charge >= 0.3 is 12.0 Å². The number of amides is 7. The van der Waals surface area contributed by atoms with E-state index >= 15 is 0 Å². The number of para-hydroxylation sites is 1. The van der Waals surface area contributed by atoms with Gasteiger partial charge in [0.2, 0.25) is 23.6 Å². The van der Waals surface area contributed by atoms with Crippen molar-refractivity contribution in [3.8, 4) is 0 Å². The molecule has 23 heteroatoms. The number of aromatic nitrogens is 3. The van der Waals surface area contributed by atoms with Crippen molar-refractivity contribution in [2.75, 3.05) is 13.1 Å². The molecule has 23 nitrogen and oxygen atoms in total. The molecule has 0 aliphatic carbocycles. The van der Waals surface area contributed by atoms with E-state index in [2.05, 4.69) is 41.6 Å². The third-order valence-corrected chi connectivity index (χ3v) is 10.9. The molecule has 0 radical (unpaired) electrons. The number of carbonyl (C=O) groups excluding carboxylic acids is 6. The second-order valence-electron chi connectivity index (χ2n) is 16.1. The smallest absolute Gasteiger partial charge is 0.337 e. The standard InChI is InChI=1S/C46H55N13O10/c1-27(53-43(63)39(21-30-23-51-36-12-6-5-11-34(30)36)55-42(62)35(48)22-32-24-50-26-52-32)41(61)57-58(25-31(45(65)66)19-29-14-16-33(17-15-29)59(68)69)46(67)56-38(20-28-9-3-2-4-10-28)44(64)54-37(40(49)60)13-7-8-18-47/h2-6,9-12,14-17,19,23-24,26-27,35,37-39,51H,7-8,13,18,20-22,25,47-48H2,1H3,(H2,49,60)(H,50,52)(H,53,63)(H,54,64)(H,55,62)(H,56,67)(H,57,61)(H,65,66)/b31-19+/t27-,35-,37-,38+,39+/m0/s1. The molecular formula is C46H55N13O10. The van der Waals surface area contributed by atoms with Crippen LogP contribution in [0.2, 0.25) is 0 Å². The maximum Gasteiger partial charge on any atom is 0.337 e. The van der Waals surface area contributed by atoms with Gasteiger partial charge in [0.25, 0.3) is 11.6 Å². The zero-order valence-electron chi connectivity index (χ0n) is 37.6. The average Bonchev–Trinajstić information content (AvgIpc) is 4.00. The number of benzene rings is 3. The van der Waals surface area contributed by atoms with Gasteiger partial charge in [0.1, 0.15) is 24.2 Å². The summed E-state index contributed by atoms with van der Waals surface area (Å²) in [5.74, 6) is -5.76. The number of hydrogen-bond donors (Lipinski definition) is 11. The number of hydrazine groups is 1. The maximum atomic E-state index is 14.3. The lowest BCUT2D eigenvalue weighted by Gasteiger charge is -2.29. The van der Waals surface area contributed by atoms with Gasteiger partial charge < -0.3 is 53.5 Å². The van der Waals surface area contributed by atoms with Crippen LogP contribution in [0.1, 0.15) is 48.6 Å². The highest BCUT2D eigenvalue weighted by atomic mass is 16.6. The molecule has 5 rings (SSSR count). The Morgan fingerprint density at radius 3 is 2.13 bits per heavy atom. The number of nitrogens with one attached hydrogen (secondary N) is 7. The summed E-state index contributed by atoms with van der Waals surface area (Å²) >= 11 is 0. The Labute approximate surface area is 395 Å². The van der Waals surface area contributed by atoms with Crippen LogP contribution in [0.4, 0.5) is 10.5 Å². The molecule has 3 aromatic carbocycles. The number of aliphatic carboxylic acids is 1. The molecule has 2 aromatic heterocycles. The minimum absolute atomic E-state index is 0.0505. The van der Waals surface area contributed by atoms with E-state index in [9.17, 15) is 48.8 Å². The number of nitro benzene ring substituents is 1. The zero-order valence-corrected chi connectivity index (χ0v) is 37.6. The van der Waals surface area contributed by atoms with Crippen LogP contribution in [-0.2, 0) is 48.0 Å². The van der Waals surface area contributed by atoms with Gasteiger partial charge in [0, 0.05) is 60.4 Å². The second-order valence-corrected chi connectivity index (χ2v) is 16.1. The van der Waals surface area contributed by atoms with Gasteiger partial charge in [-0.2, -0.15) is 0 Å². The van der Waals surface area contributed by atoms with E-state index < -0.39 is 88.8 Å². The fraction of sp³-hybridized carbons (Fsp3) is 0.304. The van der Waals surface area contributed by atoms with E-state index in [1.165, 1.54) is 31.6 Å². The number of carboxylic acids is 1. The number of aromatic amines is 2. The van der Waals surface area contributed by atoms with Crippen LogP contribution in [0, 0.1) is 10.1 Å². The van der Waals surface area contributed by atoms with Crippen LogP contribution in [0.15, 0.2) is 103 Å². The Morgan fingerprint density at radius 2 is 1.48 bits per heavy atom. The Bertz CT molecular complexity index is 2620. The van der Waals surface area contributed by atoms with E-state index in [-0.39, 0.29) is 36.9 Å². The first-order valence-corrected chi connectivity index (χ1v) is 21.8. The van der Waals surface area contributed by atoms with Crippen LogP contribution in [0.25, 0.3) is 17.0 Å². The molecular weight excluding hydrogens is 895 g/mol. The Hall–Kier alpha value is -8.44. The summed E-state index contributed by atoms with van der Waals surface area (Å²) in [6.45, 7) is 0.751. The minimum Gasteiger partial charge on any atom is -0.478 e. The Balaban J connectivity index is 1.42. The Kier molecular flexibility index (Phi) is 18.6. The lowest BCUT2D eigenvalue weighted by molar-refractivity contribution is -0.384. The number of nitrogens with two attached hydrogens (primary N) is 3. The number of non-ortho nitro benzene ring substituents is 1. The van der Waals surface area contributed by atoms with Crippen molar-refractivity contribution in [3.63, 3.8) is 0 Å². The van der Waals surface area contributed by atoms with Crippen molar-refractivity contribution in [2.24, 2.45) is 17.2 Å². The zero-order chi connectivity index (χ0) is 50.0. The van der Waals surface area contributed by atoms with Crippen molar-refractivity contribution in [2.45, 2.75) is 75.7 Å². The largest absolute Gasteiger partial charge is 0.478 e. The van der Waals surface area contributed by atoms with Crippen LogP contribution in [-0.4, -0.2) is 115 Å². The number of imidazole rings is 1. The van der Waals surface area contributed by atoms with E-state index in [0.29, 0.717) is 41.2 Å². The monoisotopic (exact) mass is 949 g/mol. The van der Waals surface area contributed by atoms with Crippen LogP contribution >= 0.6 is 0 Å². The summed E-state index contributed by atoms with van der Waals surface area (Å²) in [4.78, 5) is 115. The average molecular weight is 950 g/mol. The van der Waals surface area contributed by atoms with Gasteiger partial charge in [0.05, 0.1) is 29.4 Å². The van der Waals surface area contributed by atoms with E-state index in [1.807, 2.05) is 18.2 Å².